The summed E-state index contributed by atoms with van der Waals surface area (Å²) in [6.07, 6.45) is 10.2. The molecular weight excluding hydrogens is 658 g/mol. The molecule has 1 saturated carbocycles. The smallest absolute Gasteiger partial charge is 0.262 e. The Morgan fingerprint density at radius 3 is 2.63 bits per heavy atom. The van der Waals surface area contributed by atoms with Crippen molar-refractivity contribution in [2.45, 2.75) is 75.4 Å². The Bertz CT molecular complexity index is 1690. The van der Waals surface area contributed by atoms with E-state index in [2.05, 4.69) is 65.7 Å². The minimum atomic E-state index is -2.94. The van der Waals surface area contributed by atoms with Crippen molar-refractivity contribution in [2.75, 3.05) is 51.9 Å². The first-order valence-corrected chi connectivity index (χ1v) is 20.2. The van der Waals surface area contributed by atoms with Gasteiger partial charge in [-0.1, -0.05) is 36.7 Å². The fourth-order valence-electron chi connectivity index (χ4n) is 8.66. The van der Waals surface area contributed by atoms with Crippen molar-refractivity contribution in [1.82, 2.24) is 9.62 Å². The van der Waals surface area contributed by atoms with Crippen LogP contribution >= 0.6 is 11.6 Å². The first-order chi connectivity index (χ1) is 23.4. The van der Waals surface area contributed by atoms with Crippen LogP contribution in [0.2, 0.25) is 5.02 Å². The lowest BCUT2D eigenvalue weighted by Crippen LogP contribution is -2.51. The number of benzene rings is 2. The van der Waals surface area contributed by atoms with Gasteiger partial charge in [-0.3, -0.25) is 9.52 Å². The quantitative estimate of drug-likeness (QED) is 0.298. The van der Waals surface area contributed by atoms with Crippen LogP contribution in [-0.4, -0.2) is 85.5 Å². The third-order valence-electron chi connectivity index (χ3n) is 12.2. The summed E-state index contributed by atoms with van der Waals surface area (Å²) in [6, 6.07) is 12.2. The molecule has 7 rings (SSSR count). The predicted octanol–water partition coefficient (Wildman–Crippen LogP) is 6.10. The zero-order valence-electron chi connectivity index (χ0n) is 29.4. The lowest BCUT2D eigenvalue weighted by atomic mass is 9.65. The molecule has 1 amide bonds. The van der Waals surface area contributed by atoms with Crippen LogP contribution in [0.5, 0.6) is 5.75 Å². The number of fused-ring (bicyclic) bond motifs is 4. The van der Waals surface area contributed by atoms with Crippen molar-refractivity contribution in [1.29, 1.82) is 0 Å². The molecule has 2 aromatic rings. The van der Waals surface area contributed by atoms with Gasteiger partial charge in [0, 0.05) is 40.3 Å². The fourth-order valence-corrected chi connectivity index (χ4v) is 10.3. The van der Waals surface area contributed by atoms with Crippen molar-refractivity contribution in [3.05, 3.63) is 70.3 Å². The Morgan fingerprint density at radius 2 is 1.90 bits per heavy atom. The van der Waals surface area contributed by atoms with Gasteiger partial charge in [-0.25, -0.2) is 4.21 Å². The molecule has 49 heavy (non-hydrogen) atoms. The van der Waals surface area contributed by atoms with Gasteiger partial charge in [0.2, 0.25) is 0 Å². The average molecular weight is 710 g/mol. The van der Waals surface area contributed by atoms with Crippen LogP contribution in [0.3, 0.4) is 0 Å². The van der Waals surface area contributed by atoms with Crippen molar-refractivity contribution < 1.29 is 23.2 Å². The number of rotatable bonds is 2. The number of nitrogens with one attached hydrogen (secondary N) is 1. The van der Waals surface area contributed by atoms with E-state index < -0.39 is 9.71 Å². The van der Waals surface area contributed by atoms with E-state index in [1.54, 1.807) is 6.07 Å². The molecule has 1 N–H and O–H groups in total. The number of hydrogen-bond acceptors (Lipinski definition) is 7. The van der Waals surface area contributed by atoms with Crippen LogP contribution in [0.4, 0.5) is 5.69 Å². The van der Waals surface area contributed by atoms with Gasteiger partial charge in [-0.15, -0.1) is 0 Å². The second-order valence-corrected chi connectivity index (χ2v) is 18.4. The second kappa shape index (κ2) is 13.9. The van der Waals surface area contributed by atoms with Gasteiger partial charge in [0.25, 0.3) is 5.91 Å². The van der Waals surface area contributed by atoms with Crippen molar-refractivity contribution in [3.63, 3.8) is 0 Å². The minimum Gasteiger partial charge on any atom is -0.490 e. The summed E-state index contributed by atoms with van der Waals surface area (Å²) in [5.41, 5.74) is 3.76. The van der Waals surface area contributed by atoms with Crippen LogP contribution < -0.4 is 14.4 Å². The average Bonchev–Trinajstić information content (AvgIpc) is 3.21. The normalized spacial score (nSPS) is 37.2. The van der Waals surface area contributed by atoms with E-state index in [4.69, 9.17) is 25.8 Å². The third-order valence-corrected chi connectivity index (χ3v) is 14.6. The molecule has 0 radical (unpaired) electrons. The van der Waals surface area contributed by atoms with E-state index in [9.17, 15) is 9.00 Å². The molecule has 3 aliphatic heterocycles. The van der Waals surface area contributed by atoms with E-state index in [-0.39, 0.29) is 40.7 Å². The summed E-state index contributed by atoms with van der Waals surface area (Å²) >= 11 is 6.48. The summed E-state index contributed by atoms with van der Waals surface area (Å²) in [5, 5.41) is 0.438. The highest BCUT2D eigenvalue weighted by Gasteiger charge is 2.46. The number of allylic oxidation sites excluding steroid dienone is 1. The molecule has 2 bridgehead atoms. The Labute approximate surface area is 297 Å². The molecule has 10 heteroatoms. The highest BCUT2D eigenvalue weighted by Crippen LogP contribution is 2.48. The van der Waals surface area contributed by atoms with Gasteiger partial charge < -0.3 is 24.0 Å². The van der Waals surface area contributed by atoms with Gasteiger partial charge in [-0.05, 0) is 125 Å². The molecular formula is C39H52ClN3O5S. The number of carbonyl (C=O) groups excluding carboxylic acids is 1. The molecule has 2 fully saturated rings. The van der Waals surface area contributed by atoms with Crippen molar-refractivity contribution >= 4 is 38.8 Å². The number of hydrogen-bond donors (Lipinski definition) is 1. The van der Waals surface area contributed by atoms with Gasteiger partial charge in [0.05, 0.1) is 41.3 Å². The Kier molecular flexibility index (Phi) is 9.87. The lowest BCUT2D eigenvalue weighted by Gasteiger charge is -2.48. The van der Waals surface area contributed by atoms with Gasteiger partial charge in [-0.2, -0.15) is 0 Å². The zero-order valence-corrected chi connectivity index (χ0v) is 30.9. The largest absolute Gasteiger partial charge is 0.490 e. The monoisotopic (exact) mass is 709 g/mol. The molecule has 2 aromatic carbocycles. The summed E-state index contributed by atoms with van der Waals surface area (Å²) in [4.78, 5) is 18.3. The van der Waals surface area contributed by atoms with E-state index in [0.717, 1.165) is 68.1 Å². The maximum atomic E-state index is 13.9. The summed E-state index contributed by atoms with van der Waals surface area (Å²) in [7, 11) is 1.20. The summed E-state index contributed by atoms with van der Waals surface area (Å²) in [6.45, 7) is 7.43. The Balaban J connectivity index is 1.28. The minimum absolute atomic E-state index is 0.0407. The summed E-state index contributed by atoms with van der Waals surface area (Å²) in [5.74, 6) is 5.36. The van der Waals surface area contributed by atoms with Crippen LogP contribution in [0, 0.1) is 23.7 Å². The SMILES string of the molecule is C=S1(=O)NC(=O)c2ccc3c(c2)N(C[C@@H]2CC[C@H]2[C@H](C2OCC(N(C)C)CO2)/C=C/C[C@H](C)[C@H]1C)C[C@@]1(CCCc2cc(Cl)ccc21)CO3. The Hall–Kier alpha value is -2.56. The third kappa shape index (κ3) is 6.90. The molecule has 5 aliphatic rings. The highest BCUT2D eigenvalue weighted by atomic mass is 35.5. The predicted molar refractivity (Wildman–Crippen MR) is 198 cm³/mol. The van der Waals surface area contributed by atoms with Crippen LogP contribution in [0.1, 0.15) is 67.4 Å². The molecule has 8 nitrogen and oxygen atoms in total. The first-order valence-electron chi connectivity index (χ1n) is 18.0. The molecule has 0 aromatic heterocycles. The van der Waals surface area contributed by atoms with Crippen LogP contribution in [0.25, 0.3) is 0 Å². The number of nitrogens with zero attached hydrogens (tertiary/aromatic N) is 2. The fraction of sp³-hybridized carbons (Fsp3) is 0.590. The van der Waals surface area contributed by atoms with Crippen LogP contribution in [-0.2, 0) is 31.0 Å². The van der Waals surface area contributed by atoms with Crippen molar-refractivity contribution in [2.24, 2.45) is 23.7 Å². The number of aryl methyl sites for hydroxylation is 1. The molecule has 1 unspecified atom stereocenters. The topological polar surface area (TPSA) is 80.3 Å². The molecule has 7 atom stereocenters. The maximum absolute atomic E-state index is 13.9. The maximum Gasteiger partial charge on any atom is 0.262 e. The molecule has 1 saturated heterocycles. The number of likely N-dealkylation sites (N-methyl/N-ethyl adjacent to an activating group) is 1. The number of amides is 1. The van der Waals surface area contributed by atoms with Gasteiger partial charge >= 0.3 is 0 Å². The number of anilines is 1. The number of ether oxygens (including phenoxy) is 3. The van der Waals surface area contributed by atoms with E-state index >= 15 is 0 Å². The van der Waals surface area contributed by atoms with E-state index in [0.29, 0.717) is 37.2 Å². The number of halogens is 1. The van der Waals surface area contributed by atoms with E-state index in [1.165, 1.54) is 11.1 Å². The van der Waals surface area contributed by atoms with Crippen LogP contribution in [0.15, 0.2) is 48.6 Å². The van der Waals surface area contributed by atoms with E-state index in [1.807, 2.05) is 25.1 Å². The molecule has 266 valence electrons. The van der Waals surface area contributed by atoms with Gasteiger partial charge in [0.1, 0.15) is 5.75 Å². The molecule has 2 aliphatic carbocycles. The lowest BCUT2D eigenvalue weighted by molar-refractivity contribution is -0.230. The van der Waals surface area contributed by atoms with Gasteiger partial charge in [0.15, 0.2) is 6.29 Å². The summed E-state index contributed by atoms with van der Waals surface area (Å²) < 4.78 is 36.3. The standard InChI is InChI=1S/C39H52ClN3O5S/c1-25-8-6-10-33(38-46-21-31(22-47-38)42(3)4)32-14-11-29(32)20-43-23-39(17-7-9-27-18-30(40)13-15-34(27)39)24-48-36-16-12-28(19-35(36)43)37(44)41-49(5,45)26(25)2/h6,10,12-13,15-16,18-19,25-26,29,31-33,38H,5,7-9,11,14,17,20-24H2,1-4H3,(H,41,44,45)/b10-6+/t25-,26+,29-,31?,32+,33+,38?,39-,49?/m0/s1. The second-order valence-electron chi connectivity index (χ2n) is 15.5. The first kappa shape index (κ1) is 34.9. The molecule has 1 spiro atoms. The Morgan fingerprint density at radius 1 is 1.10 bits per heavy atom. The highest BCUT2D eigenvalue weighted by molar-refractivity contribution is 7.99. The van der Waals surface area contributed by atoms with Crippen molar-refractivity contribution in [3.8, 4) is 5.75 Å². The zero-order chi connectivity index (χ0) is 34.5. The molecule has 3 heterocycles. The number of carbonyl (C=O) groups is 1.